The van der Waals surface area contributed by atoms with E-state index in [2.05, 4.69) is 10.3 Å². The number of hydrogen-bond donors (Lipinski definition) is 2. The molecule has 25 heavy (non-hydrogen) atoms. The van der Waals surface area contributed by atoms with E-state index in [1.807, 2.05) is 13.0 Å². The van der Waals surface area contributed by atoms with Crippen LogP contribution in [0.15, 0.2) is 40.0 Å². The summed E-state index contributed by atoms with van der Waals surface area (Å²) < 4.78 is 25.1. The first-order valence-corrected chi connectivity index (χ1v) is 9.07. The Bertz CT molecular complexity index is 945. The van der Waals surface area contributed by atoms with Gasteiger partial charge in [-0.15, -0.1) is 0 Å². The van der Waals surface area contributed by atoms with E-state index < -0.39 is 10.0 Å². The molecule has 1 aromatic heterocycles. The molecule has 0 saturated heterocycles. The van der Waals surface area contributed by atoms with Crippen LogP contribution in [-0.4, -0.2) is 37.7 Å². The van der Waals surface area contributed by atoms with Gasteiger partial charge in [0.15, 0.2) is 0 Å². The van der Waals surface area contributed by atoms with Gasteiger partial charge in [-0.25, -0.2) is 12.7 Å². The normalized spacial score (nSPS) is 11.6. The van der Waals surface area contributed by atoms with Crippen LogP contribution in [0.25, 0.3) is 0 Å². The van der Waals surface area contributed by atoms with Crippen LogP contribution in [-0.2, 0) is 16.6 Å². The highest BCUT2D eigenvalue weighted by atomic mass is 32.2. The Balaban J connectivity index is 2.14. The highest BCUT2D eigenvalue weighted by molar-refractivity contribution is 7.89. The SMILES string of the molecule is Cc1cc(C)c(CNC(=O)c2ccc(S(=O)(=O)N(C)C)cc2)c(=O)[nH]1. The number of amides is 1. The maximum absolute atomic E-state index is 12.2. The molecule has 0 aliphatic heterocycles. The van der Waals surface area contributed by atoms with Crippen molar-refractivity contribution in [2.75, 3.05) is 14.1 Å². The number of hydrogen-bond acceptors (Lipinski definition) is 4. The number of sulfonamides is 1. The van der Waals surface area contributed by atoms with E-state index in [1.165, 1.54) is 38.4 Å². The summed E-state index contributed by atoms with van der Waals surface area (Å²) in [5.41, 5.74) is 2.14. The van der Waals surface area contributed by atoms with Crippen LogP contribution in [0.3, 0.4) is 0 Å². The Morgan fingerprint density at radius 2 is 1.76 bits per heavy atom. The van der Waals surface area contributed by atoms with Crippen LogP contribution in [0.5, 0.6) is 0 Å². The van der Waals surface area contributed by atoms with Crippen LogP contribution >= 0.6 is 0 Å². The smallest absolute Gasteiger partial charge is 0.253 e. The number of benzene rings is 1. The Labute approximate surface area is 146 Å². The third-order valence-electron chi connectivity index (χ3n) is 3.81. The summed E-state index contributed by atoms with van der Waals surface area (Å²) in [7, 11) is -0.650. The molecule has 0 fully saturated rings. The standard InChI is InChI=1S/C17H21N3O4S/c1-11-9-12(2)19-17(22)15(11)10-18-16(21)13-5-7-14(8-6-13)25(23,24)20(3)4/h5-9H,10H2,1-4H3,(H,18,21)(H,19,22). The molecule has 0 unspecified atom stereocenters. The number of nitrogens with one attached hydrogen (secondary N) is 2. The van der Waals surface area contributed by atoms with Crippen molar-refractivity contribution in [3.8, 4) is 0 Å². The Hall–Kier alpha value is -2.45. The third-order valence-corrected chi connectivity index (χ3v) is 5.64. The average Bonchev–Trinajstić information content (AvgIpc) is 2.53. The molecule has 2 aromatic rings. The molecule has 0 spiro atoms. The van der Waals surface area contributed by atoms with Crippen molar-refractivity contribution < 1.29 is 13.2 Å². The monoisotopic (exact) mass is 363 g/mol. The lowest BCUT2D eigenvalue weighted by Crippen LogP contribution is -2.28. The van der Waals surface area contributed by atoms with E-state index in [0.29, 0.717) is 11.1 Å². The van der Waals surface area contributed by atoms with Gasteiger partial charge >= 0.3 is 0 Å². The van der Waals surface area contributed by atoms with Crippen molar-refractivity contribution >= 4 is 15.9 Å². The van der Waals surface area contributed by atoms with Gasteiger partial charge in [0, 0.05) is 37.5 Å². The minimum Gasteiger partial charge on any atom is -0.348 e. The molecule has 1 amide bonds. The maximum Gasteiger partial charge on any atom is 0.253 e. The fourth-order valence-corrected chi connectivity index (χ4v) is 3.26. The molecule has 0 bridgehead atoms. The molecule has 8 heteroatoms. The predicted octanol–water partition coefficient (Wildman–Crippen LogP) is 1.17. The summed E-state index contributed by atoms with van der Waals surface area (Å²) in [6.07, 6.45) is 0. The quantitative estimate of drug-likeness (QED) is 0.833. The molecule has 0 radical (unpaired) electrons. The number of H-pyrrole nitrogens is 1. The number of aromatic amines is 1. The molecular formula is C17H21N3O4S. The molecule has 1 heterocycles. The summed E-state index contributed by atoms with van der Waals surface area (Å²) in [6, 6.07) is 7.49. The molecule has 0 saturated carbocycles. The third kappa shape index (κ3) is 4.15. The Kier molecular flexibility index (Phi) is 5.44. The van der Waals surface area contributed by atoms with E-state index in [1.54, 1.807) is 6.92 Å². The van der Waals surface area contributed by atoms with Crippen LogP contribution in [0, 0.1) is 13.8 Å². The number of carbonyl (C=O) groups is 1. The van der Waals surface area contributed by atoms with Gasteiger partial charge in [0.25, 0.3) is 11.5 Å². The summed E-state index contributed by atoms with van der Waals surface area (Å²) in [5, 5.41) is 2.68. The van der Waals surface area contributed by atoms with Gasteiger partial charge in [-0.05, 0) is 49.7 Å². The van der Waals surface area contributed by atoms with Crippen molar-refractivity contribution in [3.63, 3.8) is 0 Å². The topological polar surface area (TPSA) is 99.3 Å². The number of aromatic nitrogens is 1. The van der Waals surface area contributed by atoms with Crippen LogP contribution in [0.1, 0.15) is 27.2 Å². The molecule has 1 aromatic carbocycles. The zero-order valence-corrected chi connectivity index (χ0v) is 15.4. The number of rotatable bonds is 5. The van der Waals surface area contributed by atoms with Gasteiger partial charge in [0.1, 0.15) is 0 Å². The average molecular weight is 363 g/mol. The first-order chi connectivity index (χ1) is 11.6. The first-order valence-electron chi connectivity index (χ1n) is 7.63. The molecule has 7 nitrogen and oxygen atoms in total. The fourth-order valence-electron chi connectivity index (χ4n) is 2.36. The van der Waals surface area contributed by atoms with Gasteiger partial charge in [0.05, 0.1) is 4.90 Å². The zero-order chi connectivity index (χ0) is 18.8. The summed E-state index contributed by atoms with van der Waals surface area (Å²) in [6.45, 7) is 3.70. The lowest BCUT2D eigenvalue weighted by Gasteiger charge is -2.12. The minimum atomic E-state index is -3.53. The maximum atomic E-state index is 12.2. The molecule has 134 valence electrons. The fraction of sp³-hybridized carbons (Fsp3) is 0.294. The second-order valence-corrected chi connectivity index (χ2v) is 8.09. The van der Waals surface area contributed by atoms with E-state index >= 15 is 0 Å². The van der Waals surface area contributed by atoms with Gasteiger partial charge in [0.2, 0.25) is 10.0 Å². The molecule has 2 N–H and O–H groups in total. The van der Waals surface area contributed by atoms with Crippen LogP contribution < -0.4 is 10.9 Å². The van der Waals surface area contributed by atoms with Gasteiger partial charge in [-0.1, -0.05) is 0 Å². The molecule has 0 atom stereocenters. The highest BCUT2D eigenvalue weighted by Gasteiger charge is 2.17. The predicted molar refractivity (Wildman–Crippen MR) is 95.0 cm³/mol. The summed E-state index contributed by atoms with van der Waals surface area (Å²) in [4.78, 5) is 27.0. The van der Waals surface area contributed by atoms with Crippen LogP contribution in [0.4, 0.5) is 0 Å². The van der Waals surface area contributed by atoms with Crippen molar-refractivity contribution in [1.82, 2.24) is 14.6 Å². The molecule has 0 aliphatic carbocycles. The summed E-state index contributed by atoms with van der Waals surface area (Å²) in [5.74, 6) is -0.381. The number of carbonyl (C=O) groups excluding carboxylic acids is 1. The second-order valence-electron chi connectivity index (χ2n) is 5.94. The first kappa shape index (κ1) is 18.9. The van der Waals surface area contributed by atoms with E-state index in [-0.39, 0.29) is 22.9 Å². The largest absolute Gasteiger partial charge is 0.348 e. The van der Waals surface area contributed by atoms with Crippen molar-refractivity contribution in [1.29, 1.82) is 0 Å². The van der Waals surface area contributed by atoms with E-state index in [0.717, 1.165) is 15.6 Å². The number of nitrogens with zero attached hydrogens (tertiary/aromatic N) is 1. The second kappa shape index (κ2) is 7.20. The molecule has 0 aliphatic rings. The zero-order valence-electron chi connectivity index (χ0n) is 14.6. The summed E-state index contributed by atoms with van der Waals surface area (Å²) >= 11 is 0. The van der Waals surface area contributed by atoms with Gasteiger partial charge in [-0.2, -0.15) is 0 Å². The van der Waals surface area contributed by atoms with Crippen molar-refractivity contribution in [3.05, 3.63) is 63.1 Å². The lowest BCUT2D eigenvalue weighted by molar-refractivity contribution is 0.0950. The molecule has 2 rings (SSSR count). The van der Waals surface area contributed by atoms with E-state index in [4.69, 9.17) is 0 Å². The van der Waals surface area contributed by atoms with Crippen LogP contribution in [0.2, 0.25) is 0 Å². The molecular weight excluding hydrogens is 342 g/mol. The van der Waals surface area contributed by atoms with Gasteiger partial charge in [-0.3, -0.25) is 9.59 Å². The highest BCUT2D eigenvalue weighted by Crippen LogP contribution is 2.14. The number of pyridine rings is 1. The minimum absolute atomic E-state index is 0.0953. The van der Waals surface area contributed by atoms with Crippen molar-refractivity contribution in [2.45, 2.75) is 25.3 Å². The van der Waals surface area contributed by atoms with Crippen molar-refractivity contribution in [2.24, 2.45) is 0 Å². The Morgan fingerprint density at radius 1 is 1.16 bits per heavy atom. The Morgan fingerprint density at radius 3 is 2.28 bits per heavy atom. The van der Waals surface area contributed by atoms with E-state index in [9.17, 15) is 18.0 Å². The van der Waals surface area contributed by atoms with Gasteiger partial charge < -0.3 is 10.3 Å². The number of aryl methyl sites for hydroxylation is 2. The lowest BCUT2D eigenvalue weighted by atomic mass is 10.1.